The largest absolute Gasteiger partial charge is 0.360 e. The molecule has 1 aromatic heterocycles. The molecule has 2 bridgehead atoms. The van der Waals surface area contributed by atoms with Crippen molar-refractivity contribution in [3.8, 4) is 0 Å². The van der Waals surface area contributed by atoms with Gasteiger partial charge >= 0.3 is 0 Å². The minimum atomic E-state index is -3.49. The van der Waals surface area contributed by atoms with E-state index in [0.29, 0.717) is 43.6 Å². The molecule has 0 aromatic carbocycles. The molecule has 1 saturated carbocycles. The average molecular weight is 438 g/mol. The Morgan fingerprint density at radius 2 is 1.90 bits per heavy atom. The summed E-state index contributed by atoms with van der Waals surface area (Å²) in [5.74, 6) is 0.962. The highest BCUT2D eigenvalue weighted by Crippen LogP contribution is 2.40. The van der Waals surface area contributed by atoms with E-state index in [4.69, 9.17) is 4.52 Å². The molecule has 6 rings (SSSR count). The Morgan fingerprint density at radius 3 is 2.53 bits per heavy atom. The highest BCUT2D eigenvalue weighted by Gasteiger charge is 2.46. The Labute approximate surface area is 177 Å². The van der Waals surface area contributed by atoms with Crippen molar-refractivity contribution in [1.82, 2.24) is 24.0 Å². The van der Waals surface area contributed by atoms with Gasteiger partial charge in [0.05, 0.1) is 0 Å². The van der Waals surface area contributed by atoms with Crippen LogP contribution in [0, 0.1) is 0 Å². The highest BCUT2D eigenvalue weighted by molar-refractivity contribution is 7.86. The van der Waals surface area contributed by atoms with Crippen LogP contribution in [0.5, 0.6) is 0 Å². The van der Waals surface area contributed by atoms with Gasteiger partial charge in [-0.05, 0) is 52.5 Å². The number of nitrogens with one attached hydrogen (secondary N) is 1. The van der Waals surface area contributed by atoms with Gasteiger partial charge in [-0.25, -0.2) is 0 Å². The van der Waals surface area contributed by atoms with Gasteiger partial charge in [0.2, 0.25) is 0 Å². The number of piperazine rings is 1. The predicted octanol–water partition coefficient (Wildman–Crippen LogP) is 1.16. The van der Waals surface area contributed by atoms with E-state index >= 15 is 0 Å². The molecule has 5 heterocycles. The van der Waals surface area contributed by atoms with E-state index in [2.05, 4.69) is 22.4 Å². The van der Waals surface area contributed by atoms with Crippen molar-refractivity contribution in [2.45, 2.75) is 75.5 Å². The van der Waals surface area contributed by atoms with Crippen LogP contribution in [0.1, 0.15) is 67.6 Å². The molecule has 4 saturated heterocycles. The van der Waals surface area contributed by atoms with E-state index in [1.807, 2.05) is 6.92 Å². The van der Waals surface area contributed by atoms with Crippen LogP contribution in [0.4, 0.5) is 0 Å². The summed E-state index contributed by atoms with van der Waals surface area (Å²) in [6, 6.07) is 1.90. The van der Waals surface area contributed by atoms with Gasteiger partial charge < -0.3 is 14.7 Å². The van der Waals surface area contributed by atoms with Crippen molar-refractivity contribution in [2.24, 2.45) is 0 Å². The van der Waals surface area contributed by atoms with Crippen LogP contribution < -0.4 is 5.32 Å². The second kappa shape index (κ2) is 7.58. The summed E-state index contributed by atoms with van der Waals surface area (Å²) < 4.78 is 35.4. The van der Waals surface area contributed by atoms with Gasteiger partial charge in [0, 0.05) is 55.8 Å². The first-order valence-electron chi connectivity index (χ1n) is 11.1. The number of carbonyl (C=O) groups excluding carboxylic acids is 1. The number of amides is 1. The zero-order valence-electron chi connectivity index (χ0n) is 17.7. The number of likely N-dealkylation sites (N-methyl/N-ethyl adjacent to an activating group) is 1. The number of hydrogen-bond acceptors (Lipinski definition) is 6. The predicted molar refractivity (Wildman–Crippen MR) is 110 cm³/mol. The Balaban J connectivity index is 1.20. The summed E-state index contributed by atoms with van der Waals surface area (Å²) >= 11 is 0. The lowest BCUT2D eigenvalue weighted by Gasteiger charge is -2.51. The number of piperidine rings is 3. The number of rotatable bonds is 5. The SMILES string of the molecule is C[C@H]1C[C@@H](NC(=O)c2cc(C3CC3)on2)CCN1S(=O)(=O)N1CC2CCC1CN2C. The maximum atomic E-state index is 13.4. The highest BCUT2D eigenvalue weighted by atomic mass is 32.2. The van der Waals surface area contributed by atoms with Gasteiger partial charge in [-0.3, -0.25) is 4.79 Å². The zero-order chi connectivity index (χ0) is 21.0. The molecule has 4 aliphatic heterocycles. The number of hydrogen-bond donors (Lipinski definition) is 1. The Kier molecular flexibility index (Phi) is 5.16. The van der Waals surface area contributed by atoms with Gasteiger partial charge in [-0.2, -0.15) is 17.0 Å². The fourth-order valence-corrected chi connectivity index (χ4v) is 7.31. The standard InChI is InChI=1S/C20H31N5O4S/c1-13-9-15(21-20(26)18-10-19(29-22-18)14-3-4-14)7-8-24(13)30(27,28)25-12-16-5-6-17(25)11-23(16)2/h10,13-17H,3-9,11-12H2,1-2H3,(H,21,26)/t13-,15-,16?,17?/m0/s1. The fraction of sp³-hybridized carbons (Fsp3) is 0.800. The van der Waals surface area contributed by atoms with Crippen molar-refractivity contribution in [1.29, 1.82) is 0 Å². The molecule has 0 radical (unpaired) electrons. The summed E-state index contributed by atoms with van der Waals surface area (Å²) in [5.41, 5.74) is 0.313. The molecule has 1 amide bonds. The van der Waals surface area contributed by atoms with E-state index in [1.165, 1.54) is 0 Å². The van der Waals surface area contributed by atoms with Crippen molar-refractivity contribution < 1.29 is 17.7 Å². The molecule has 10 heteroatoms. The van der Waals surface area contributed by atoms with Crippen LogP contribution >= 0.6 is 0 Å². The van der Waals surface area contributed by atoms with Gasteiger partial charge in [0.25, 0.3) is 16.1 Å². The van der Waals surface area contributed by atoms with Crippen LogP contribution in [-0.4, -0.2) is 83.8 Å². The fourth-order valence-electron chi connectivity index (χ4n) is 5.26. The van der Waals surface area contributed by atoms with Crippen LogP contribution in [0.2, 0.25) is 0 Å². The third kappa shape index (κ3) is 3.68. The molecule has 30 heavy (non-hydrogen) atoms. The summed E-state index contributed by atoms with van der Waals surface area (Å²) in [6.07, 6.45) is 5.40. The minimum absolute atomic E-state index is 0.0658. The molecule has 5 aliphatic rings. The number of aromatic nitrogens is 1. The van der Waals surface area contributed by atoms with E-state index in [1.54, 1.807) is 14.7 Å². The molecular weight excluding hydrogens is 406 g/mol. The third-order valence-corrected chi connectivity index (χ3v) is 9.41. The summed E-state index contributed by atoms with van der Waals surface area (Å²) in [7, 11) is -1.41. The molecule has 4 atom stereocenters. The average Bonchev–Trinajstić information content (AvgIpc) is 3.44. The molecule has 9 nitrogen and oxygen atoms in total. The maximum absolute atomic E-state index is 13.4. The lowest BCUT2D eigenvalue weighted by atomic mass is 9.94. The van der Waals surface area contributed by atoms with Crippen LogP contribution in [-0.2, 0) is 10.2 Å². The lowest BCUT2D eigenvalue weighted by molar-refractivity contribution is 0.0366. The van der Waals surface area contributed by atoms with Gasteiger partial charge in [0.1, 0.15) is 5.76 Å². The van der Waals surface area contributed by atoms with Crippen LogP contribution in [0.3, 0.4) is 0 Å². The van der Waals surface area contributed by atoms with Crippen LogP contribution in [0.25, 0.3) is 0 Å². The second-order valence-electron chi connectivity index (χ2n) is 9.45. The van der Waals surface area contributed by atoms with Gasteiger partial charge in [0.15, 0.2) is 5.69 Å². The molecule has 1 N–H and O–H groups in total. The van der Waals surface area contributed by atoms with E-state index < -0.39 is 10.2 Å². The molecule has 2 unspecified atom stereocenters. The van der Waals surface area contributed by atoms with E-state index in [9.17, 15) is 13.2 Å². The quantitative estimate of drug-likeness (QED) is 0.742. The molecule has 5 fully saturated rings. The smallest absolute Gasteiger partial charge is 0.282 e. The van der Waals surface area contributed by atoms with Gasteiger partial charge in [-0.1, -0.05) is 5.16 Å². The van der Waals surface area contributed by atoms with E-state index in [0.717, 1.165) is 38.0 Å². The summed E-state index contributed by atoms with van der Waals surface area (Å²) in [4.78, 5) is 14.8. The first-order valence-corrected chi connectivity index (χ1v) is 12.5. The zero-order valence-corrected chi connectivity index (χ0v) is 18.5. The van der Waals surface area contributed by atoms with Crippen molar-refractivity contribution in [3.05, 3.63) is 17.5 Å². The monoisotopic (exact) mass is 437 g/mol. The molecule has 1 aliphatic carbocycles. The summed E-state index contributed by atoms with van der Waals surface area (Å²) in [5, 5.41) is 6.92. The summed E-state index contributed by atoms with van der Waals surface area (Å²) in [6.45, 7) is 3.75. The minimum Gasteiger partial charge on any atom is -0.360 e. The molecular formula is C20H31N5O4S. The Bertz CT molecular complexity index is 914. The number of carbonyl (C=O) groups is 1. The topological polar surface area (TPSA) is 99.0 Å². The normalized spacial score (nSPS) is 33.7. The van der Waals surface area contributed by atoms with E-state index in [-0.39, 0.29) is 24.0 Å². The van der Waals surface area contributed by atoms with Crippen molar-refractivity contribution in [3.63, 3.8) is 0 Å². The molecule has 0 spiro atoms. The lowest BCUT2D eigenvalue weighted by Crippen LogP contribution is -2.66. The maximum Gasteiger partial charge on any atom is 0.282 e. The number of fused-ring (bicyclic) bond motifs is 3. The van der Waals surface area contributed by atoms with Gasteiger partial charge in [-0.15, -0.1) is 0 Å². The van der Waals surface area contributed by atoms with Crippen molar-refractivity contribution in [2.75, 3.05) is 26.7 Å². The molecule has 166 valence electrons. The Morgan fingerprint density at radius 1 is 1.13 bits per heavy atom. The Hall–Kier alpha value is -1.49. The first kappa shape index (κ1) is 20.4. The van der Waals surface area contributed by atoms with Crippen LogP contribution in [0.15, 0.2) is 10.6 Å². The first-order chi connectivity index (χ1) is 14.3. The third-order valence-electron chi connectivity index (χ3n) is 7.24. The number of nitrogens with zero attached hydrogens (tertiary/aromatic N) is 4. The van der Waals surface area contributed by atoms with Crippen molar-refractivity contribution >= 4 is 16.1 Å². The molecule has 1 aromatic rings. The second-order valence-corrected chi connectivity index (χ2v) is 11.3.